The number of aliphatic hydroxyl groups excluding tert-OH is 1. The molecule has 0 saturated carbocycles. The third-order valence-corrected chi connectivity index (χ3v) is 9.93. The normalized spacial score (nSPS) is 20.7. The van der Waals surface area contributed by atoms with E-state index in [0.29, 0.717) is 29.7 Å². The van der Waals surface area contributed by atoms with Crippen LogP contribution in [0.1, 0.15) is 38.4 Å². The Kier molecular flexibility index (Phi) is 11.3. The van der Waals surface area contributed by atoms with Gasteiger partial charge in [0, 0.05) is 18.5 Å². The molecule has 1 aromatic heterocycles. The van der Waals surface area contributed by atoms with E-state index in [1.54, 1.807) is 6.92 Å². The fraction of sp³-hybridized carbons (Fsp3) is 0.531. The van der Waals surface area contributed by atoms with Gasteiger partial charge in [-0.25, -0.2) is 18.0 Å². The molecule has 2 saturated heterocycles. The Morgan fingerprint density at radius 3 is 2.64 bits per heavy atom. The van der Waals surface area contributed by atoms with Gasteiger partial charge in [-0.2, -0.15) is 4.31 Å². The summed E-state index contributed by atoms with van der Waals surface area (Å²) in [5.74, 6) is -0.149. The van der Waals surface area contributed by atoms with E-state index < -0.39 is 46.7 Å². The van der Waals surface area contributed by atoms with Gasteiger partial charge in [0.1, 0.15) is 11.8 Å². The molecule has 2 fully saturated rings. The largest absolute Gasteiger partial charge is 0.450 e. The van der Waals surface area contributed by atoms with Crippen LogP contribution in [0.3, 0.4) is 0 Å². The van der Waals surface area contributed by atoms with Gasteiger partial charge in [0.25, 0.3) is 0 Å². The zero-order valence-corrected chi connectivity index (χ0v) is 27.5. The summed E-state index contributed by atoms with van der Waals surface area (Å²) in [6, 6.07) is 12.7. The van der Waals surface area contributed by atoms with Crippen LogP contribution in [0.2, 0.25) is 0 Å². The van der Waals surface area contributed by atoms with Gasteiger partial charge < -0.3 is 39.2 Å². The molecule has 0 spiro atoms. The number of amides is 2. The molecule has 3 aromatic rings. The van der Waals surface area contributed by atoms with Crippen LogP contribution in [0.5, 0.6) is 0 Å². The summed E-state index contributed by atoms with van der Waals surface area (Å²) in [6.07, 6.45) is -2.61. The smallest absolute Gasteiger partial charge is 0.407 e. The highest BCUT2D eigenvalue weighted by molar-refractivity contribution is 7.89. The van der Waals surface area contributed by atoms with Crippen molar-refractivity contribution >= 4 is 33.2 Å². The molecule has 2 aliphatic rings. The molecule has 0 unspecified atom stereocenters. The quantitative estimate of drug-likeness (QED) is 0.229. The Morgan fingerprint density at radius 1 is 1.11 bits per heavy atom. The van der Waals surface area contributed by atoms with E-state index in [0.717, 1.165) is 5.56 Å². The van der Waals surface area contributed by atoms with Crippen molar-refractivity contribution in [1.29, 1.82) is 0 Å². The van der Waals surface area contributed by atoms with E-state index >= 15 is 0 Å². The number of sulfonamides is 1. The maximum atomic E-state index is 14.1. The minimum Gasteiger partial charge on any atom is -0.450 e. The van der Waals surface area contributed by atoms with Crippen molar-refractivity contribution in [2.45, 2.75) is 69.6 Å². The predicted molar refractivity (Wildman–Crippen MR) is 169 cm³/mol. The molecule has 2 amide bonds. The van der Waals surface area contributed by atoms with E-state index in [2.05, 4.69) is 15.8 Å². The van der Waals surface area contributed by atoms with E-state index in [9.17, 15) is 23.1 Å². The second kappa shape index (κ2) is 15.4. The van der Waals surface area contributed by atoms with Gasteiger partial charge in [-0.15, -0.1) is 0 Å². The minimum absolute atomic E-state index is 0.0336. The van der Waals surface area contributed by atoms with Crippen molar-refractivity contribution in [3.8, 4) is 0 Å². The second-order valence-corrected chi connectivity index (χ2v) is 14.0. The Labute approximate surface area is 273 Å². The van der Waals surface area contributed by atoms with Crippen molar-refractivity contribution in [3.05, 3.63) is 59.8 Å². The SMILES string of the molecule is CCOC(=O)NCc1noc2ccc(S(=O)(=O)N(CC(C)C)C[C@@H](O)[C@H](Cc3ccccc3)NC(=O)O[C@H]3CO[C@H]4OCC[C@H]43)cc12. The first-order chi connectivity index (χ1) is 22.5. The molecule has 0 bridgehead atoms. The van der Waals surface area contributed by atoms with Gasteiger partial charge in [-0.3, -0.25) is 0 Å². The number of carbonyl (C=O) groups excluding carboxylic acids is 2. The molecule has 14 nitrogen and oxygen atoms in total. The number of rotatable bonds is 14. The van der Waals surface area contributed by atoms with E-state index in [1.165, 1.54) is 22.5 Å². The van der Waals surface area contributed by atoms with Crippen molar-refractivity contribution < 1.29 is 46.6 Å². The molecule has 3 heterocycles. The lowest BCUT2D eigenvalue weighted by Gasteiger charge is -2.31. The molecule has 3 N–H and O–H groups in total. The highest BCUT2D eigenvalue weighted by Crippen LogP contribution is 2.33. The van der Waals surface area contributed by atoms with Crippen LogP contribution < -0.4 is 10.6 Å². The Hall–Kier alpha value is -3.76. The first kappa shape index (κ1) is 34.6. The second-order valence-electron chi connectivity index (χ2n) is 12.1. The number of nitrogens with zero attached hydrogens (tertiary/aromatic N) is 2. The number of carbonyl (C=O) groups is 2. The van der Waals surface area contributed by atoms with Crippen LogP contribution in [0, 0.1) is 11.8 Å². The first-order valence-electron chi connectivity index (χ1n) is 15.8. The summed E-state index contributed by atoms with van der Waals surface area (Å²) >= 11 is 0. The fourth-order valence-electron chi connectivity index (χ4n) is 5.78. The number of aliphatic hydroxyl groups is 1. The zero-order valence-electron chi connectivity index (χ0n) is 26.7. The van der Waals surface area contributed by atoms with E-state index in [1.807, 2.05) is 44.2 Å². The minimum atomic E-state index is -4.16. The average molecular weight is 675 g/mol. The maximum Gasteiger partial charge on any atom is 0.407 e. The predicted octanol–water partition coefficient (Wildman–Crippen LogP) is 3.18. The third kappa shape index (κ3) is 8.59. The first-order valence-corrected chi connectivity index (χ1v) is 17.2. The molecule has 15 heteroatoms. The average Bonchev–Trinajstić information content (AvgIpc) is 3.77. The molecular weight excluding hydrogens is 632 g/mol. The number of hydrogen-bond donors (Lipinski definition) is 3. The van der Waals surface area contributed by atoms with Gasteiger partial charge in [-0.1, -0.05) is 49.3 Å². The highest BCUT2D eigenvalue weighted by Gasteiger charge is 2.44. The zero-order chi connectivity index (χ0) is 33.6. The van der Waals surface area contributed by atoms with Gasteiger partial charge >= 0.3 is 12.2 Å². The maximum absolute atomic E-state index is 14.1. The molecule has 5 atom stereocenters. The number of aromatic nitrogens is 1. The Balaban J connectivity index is 1.35. The molecule has 0 radical (unpaired) electrons. The molecule has 256 valence electrons. The standard InChI is InChI=1S/C32H42N4O10S/c1-4-42-31(38)33-16-26-24-15-22(10-11-28(24)46-35-26)47(40,41)36(17-20(2)3)18-27(37)25(14-21-8-6-5-7-9-21)34-32(39)45-29-19-44-30-23(29)12-13-43-30/h5-11,15,20,23,25,27,29-30,37H,4,12-14,16-19H2,1-3H3,(H,33,38)(H,34,39)/t23-,25-,27+,29-,30+/m0/s1. The van der Waals surface area contributed by atoms with Crippen LogP contribution >= 0.6 is 0 Å². The van der Waals surface area contributed by atoms with Crippen LogP contribution in [0.15, 0.2) is 57.9 Å². The molecule has 2 aliphatic heterocycles. The van der Waals surface area contributed by atoms with Crippen molar-refractivity contribution in [2.24, 2.45) is 11.8 Å². The summed E-state index contributed by atoms with van der Waals surface area (Å²) in [4.78, 5) is 24.9. The summed E-state index contributed by atoms with van der Waals surface area (Å²) in [7, 11) is -4.16. The Morgan fingerprint density at radius 2 is 1.89 bits per heavy atom. The van der Waals surface area contributed by atoms with Crippen LogP contribution in [-0.2, 0) is 41.9 Å². The van der Waals surface area contributed by atoms with Crippen LogP contribution in [-0.4, -0.2) is 92.6 Å². The lowest BCUT2D eigenvalue weighted by atomic mass is 10.0. The molecule has 0 aliphatic carbocycles. The number of fused-ring (bicyclic) bond motifs is 2. The topological polar surface area (TPSA) is 179 Å². The van der Waals surface area contributed by atoms with Crippen molar-refractivity contribution in [2.75, 3.05) is 32.9 Å². The third-order valence-electron chi connectivity index (χ3n) is 8.10. The lowest BCUT2D eigenvalue weighted by Crippen LogP contribution is -2.51. The number of ether oxygens (including phenoxy) is 4. The fourth-order valence-corrected chi connectivity index (χ4v) is 7.43. The summed E-state index contributed by atoms with van der Waals surface area (Å²) in [5.41, 5.74) is 1.51. The number of hydrogen-bond acceptors (Lipinski definition) is 11. The number of alkyl carbamates (subject to hydrolysis) is 2. The lowest BCUT2D eigenvalue weighted by molar-refractivity contribution is -0.0907. The van der Waals surface area contributed by atoms with Crippen molar-refractivity contribution in [1.82, 2.24) is 20.1 Å². The number of nitrogens with one attached hydrogen (secondary N) is 2. The molecule has 5 rings (SSSR count). The van der Waals surface area contributed by atoms with Gasteiger partial charge in [-0.05, 0) is 49.4 Å². The number of benzene rings is 2. The molecule has 2 aromatic carbocycles. The Bertz CT molecular complexity index is 1620. The van der Waals surface area contributed by atoms with Crippen LogP contribution in [0.4, 0.5) is 9.59 Å². The van der Waals surface area contributed by atoms with Gasteiger partial charge in [0.2, 0.25) is 10.0 Å². The molecular formula is C32H42N4O10S. The summed E-state index contributed by atoms with van der Waals surface area (Å²) in [6.45, 7) is 6.13. The van der Waals surface area contributed by atoms with Crippen LogP contribution in [0.25, 0.3) is 11.0 Å². The monoisotopic (exact) mass is 674 g/mol. The summed E-state index contributed by atoms with van der Waals surface area (Å²) < 4.78 is 56.5. The summed E-state index contributed by atoms with van der Waals surface area (Å²) in [5, 5.41) is 21.3. The highest BCUT2D eigenvalue weighted by atomic mass is 32.2. The van der Waals surface area contributed by atoms with Gasteiger partial charge in [0.05, 0.1) is 49.3 Å². The molecule has 47 heavy (non-hydrogen) atoms. The van der Waals surface area contributed by atoms with Gasteiger partial charge in [0.15, 0.2) is 11.9 Å². The van der Waals surface area contributed by atoms with E-state index in [-0.39, 0.29) is 56.0 Å². The van der Waals surface area contributed by atoms with Crippen molar-refractivity contribution in [3.63, 3.8) is 0 Å². The van der Waals surface area contributed by atoms with E-state index in [4.69, 9.17) is 23.5 Å².